The Morgan fingerprint density at radius 2 is 2.00 bits per heavy atom. The lowest BCUT2D eigenvalue weighted by atomic mass is 10.1. The molecule has 2 N–H and O–H groups in total. The van der Waals surface area contributed by atoms with E-state index in [-0.39, 0.29) is 5.82 Å². The highest BCUT2D eigenvalue weighted by atomic mass is 79.9. The quantitative estimate of drug-likeness (QED) is 0.946. The van der Waals surface area contributed by atoms with Crippen LogP contribution >= 0.6 is 15.9 Å². The van der Waals surface area contributed by atoms with E-state index in [1.54, 1.807) is 16.8 Å². The Balaban J connectivity index is 2.48. The van der Waals surface area contributed by atoms with Crippen molar-refractivity contribution in [3.8, 4) is 11.3 Å². The number of benzene rings is 1. The van der Waals surface area contributed by atoms with Crippen molar-refractivity contribution < 1.29 is 4.39 Å². The van der Waals surface area contributed by atoms with Crippen LogP contribution in [0.15, 0.2) is 28.7 Å². The molecule has 1 heterocycles. The zero-order chi connectivity index (χ0) is 12.4. The summed E-state index contributed by atoms with van der Waals surface area (Å²) in [5.41, 5.74) is 8.32. The fraction of sp³-hybridized carbons (Fsp3) is 0.250. The smallest absolute Gasteiger partial charge is 0.123 e. The lowest BCUT2D eigenvalue weighted by molar-refractivity contribution is 0.628. The maximum absolute atomic E-state index is 12.9. The summed E-state index contributed by atoms with van der Waals surface area (Å²) in [6.07, 6.45) is 0.718. The monoisotopic (exact) mass is 297 g/mol. The first kappa shape index (κ1) is 12.3. The molecule has 0 radical (unpaired) electrons. The summed E-state index contributed by atoms with van der Waals surface area (Å²) in [5.74, 6) is -0.241. The van der Waals surface area contributed by atoms with Crippen molar-refractivity contribution in [2.24, 2.45) is 12.8 Å². The SMILES string of the molecule is Cn1nc(CCN)c(Br)c1-c1ccc(F)cc1. The molecule has 0 aliphatic rings. The molecule has 0 aliphatic carbocycles. The van der Waals surface area contributed by atoms with Gasteiger partial charge >= 0.3 is 0 Å². The zero-order valence-corrected chi connectivity index (χ0v) is 11.0. The summed E-state index contributed by atoms with van der Waals surface area (Å²) < 4.78 is 15.6. The maximum atomic E-state index is 12.9. The Hall–Kier alpha value is -1.20. The molecule has 3 nitrogen and oxygen atoms in total. The van der Waals surface area contributed by atoms with Gasteiger partial charge in [-0.1, -0.05) is 0 Å². The first-order valence-corrected chi connectivity index (χ1v) is 6.10. The van der Waals surface area contributed by atoms with Crippen LogP contribution in [0.4, 0.5) is 4.39 Å². The number of aromatic nitrogens is 2. The Bertz CT molecular complexity index is 519. The van der Waals surface area contributed by atoms with Crippen LogP contribution in [0.25, 0.3) is 11.3 Å². The van der Waals surface area contributed by atoms with Gasteiger partial charge in [-0.2, -0.15) is 5.10 Å². The second-order valence-corrected chi connectivity index (χ2v) is 4.57. The van der Waals surface area contributed by atoms with Gasteiger partial charge in [0.2, 0.25) is 0 Å². The molecule has 2 aromatic rings. The van der Waals surface area contributed by atoms with Gasteiger partial charge in [-0.25, -0.2) is 4.39 Å². The topological polar surface area (TPSA) is 43.8 Å². The molecular formula is C12H13BrFN3. The first-order chi connectivity index (χ1) is 8.13. The van der Waals surface area contributed by atoms with E-state index in [2.05, 4.69) is 21.0 Å². The van der Waals surface area contributed by atoms with E-state index in [0.717, 1.165) is 27.8 Å². The highest BCUT2D eigenvalue weighted by Crippen LogP contribution is 2.30. The van der Waals surface area contributed by atoms with Crippen LogP contribution in [0.1, 0.15) is 5.69 Å². The number of hydrogen-bond donors (Lipinski definition) is 1. The molecule has 0 bridgehead atoms. The zero-order valence-electron chi connectivity index (χ0n) is 9.45. The molecule has 0 saturated carbocycles. The number of nitrogens with two attached hydrogens (primary N) is 1. The van der Waals surface area contributed by atoms with Crippen LogP contribution in [-0.2, 0) is 13.5 Å². The van der Waals surface area contributed by atoms with Crippen molar-refractivity contribution in [3.05, 3.63) is 40.2 Å². The average Bonchev–Trinajstić information content (AvgIpc) is 2.57. The summed E-state index contributed by atoms with van der Waals surface area (Å²) in [6, 6.07) is 6.36. The van der Waals surface area contributed by atoms with Crippen molar-refractivity contribution in [2.45, 2.75) is 6.42 Å². The normalized spacial score (nSPS) is 10.8. The summed E-state index contributed by atoms with van der Waals surface area (Å²) in [7, 11) is 1.86. The van der Waals surface area contributed by atoms with Gasteiger partial charge < -0.3 is 5.73 Å². The lowest BCUT2D eigenvalue weighted by Gasteiger charge is -2.02. The standard InChI is InChI=1S/C12H13BrFN3/c1-17-12(8-2-4-9(14)5-3-8)11(13)10(16-17)6-7-15/h2-5H,6-7,15H2,1H3. The number of aryl methyl sites for hydroxylation is 1. The summed E-state index contributed by atoms with van der Waals surface area (Å²) in [6.45, 7) is 0.554. The molecule has 5 heteroatoms. The minimum absolute atomic E-state index is 0.241. The van der Waals surface area contributed by atoms with Crippen molar-refractivity contribution in [1.29, 1.82) is 0 Å². The van der Waals surface area contributed by atoms with Gasteiger partial charge in [0.15, 0.2) is 0 Å². The second-order valence-electron chi connectivity index (χ2n) is 3.78. The molecule has 0 spiro atoms. The van der Waals surface area contributed by atoms with Gasteiger partial charge in [0.05, 0.1) is 15.9 Å². The third-order valence-electron chi connectivity index (χ3n) is 2.55. The van der Waals surface area contributed by atoms with E-state index < -0.39 is 0 Å². The van der Waals surface area contributed by atoms with Gasteiger partial charge in [0.1, 0.15) is 5.82 Å². The second kappa shape index (κ2) is 4.98. The number of nitrogens with zero attached hydrogens (tertiary/aromatic N) is 2. The van der Waals surface area contributed by atoms with Gasteiger partial charge in [0.25, 0.3) is 0 Å². The van der Waals surface area contributed by atoms with Crippen molar-refractivity contribution in [2.75, 3.05) is 6.54 Å². The molecule has 0 unspecified atom stereocenters. The Morgan fingerprint density at radius 1 is 1.35 bits per heavy atom. The minimum Gasteiger partial charge on any atom is -0.330 e. The van der Waals surface area contributed by atoms with Crippen LogP contribution in [0.3, 0.4) is 0 Å². The number of rotatable bonds is 3. The summed E-state index contributed by atoms with van der Waals surface area (Å²) in [5, 5.41) is 4.39. The van der Waals surface area contributed by atoms with E-state index in [9.17, 15) is 4.39 Å². The van der Waals surface area contributed by atoms with Crippen molar-refractivity contribution in [3.63, 3.8) is 0 Å². The Kier molecular flexibility index (Phi) is 3.59. The van der Waals surface area contributed by atoms with Crippen LogP contribution < -0.4 is 5.73 Å². The van der Waals surface area contributed by atoms with E-state index in [0.29, 0.717) is 6.54 Å². The van der Waals surface area contributed by atoms with E-state index >= 15 is 0 Å². The third kappa shape index (κ3) is 2.40. The van der Waals surface area contributed by atoms with Crippen molar-refractivity contribution >= 4 is 15.9 Å². The summed E-state index contributed by atoms with van der Waals surface area (Å²) in [4.78, 5) is 0. The molecule has 0 amide bonds. The Labute approximate surface area is 108 Å². The van der Waals surface area contributed by atoms with Crippen LogP contribution in [0.2, 0.25) is 0 Å². The molecular weight excluding hydrogens is 285 g/mol. The molecule has 0 fully saturated rings. The number of halogens is 2. The van der Waals surface area contributed by atoms with Crippen LogP contribution in [-0.4, -0.2) is 16.3 Å². The fourth-order valence-electron chi connectivity index (χ4n) is 1.77. The van der Waals surface area contributed by atoms with Crippen LogP contribution in [0, 0.1) is 5.82 Å². The van der Waals surface area contributed by atoms with E-state index in [1.807, 2.05) is 7.05 Å². The van der Waals surface area contributed by atoms with Gasteiger partial charge in [-0.3, -0.25) is 4.68 Å². The lowest BCUT2D eigenvalue weighted by Crippen LogP contribution is -2.04. The Morgan fingerprint density at radius 3 is 2.59 bits per heavy atom. The molecule has 17 heavy (non-hydrogen) atoms. The molecule has 0 aliphatic heterocycles. The van der Waals surface area contributed by atoms with Gasteiger partial charge in [-0.05, 0) is 46.7 Å². The minimum atomic E-state index is -0.241. The number of hydrogen-bond acceptors (Lipinski definition) is 2. The predicted octanol–water partition coefficient (Wildman–Crippen LogP) is 2.49. The molecule has 1 aromatic heterocycles. The largest absolute Gasteiger partial charge is 0.330 e. The van der Waals surface area contributed by atoms with Crippen molar-refractivity contribution in [1.82, 2.24) is 9.78 Å². The highest BCUT2D eigenvalue weighted by Gasteiger charge is 2.14. The van der Waals surface area contributed by atoms with Gasteiger partial charge in [0, 0.05) is 19.0 Å². The fourth-order valence-corrected chi connectivity index (χ4v) is 2.53. The molecule has 0 saturated heterocycles. The van der Waals surface area contributed by atoms with E-state index in [4.69, 9.17) is 5.73 Å². The van der Waals surface area contributed by atoms with Gasteiger partial charge in [-0.15, -0.1) is 0 Å². The first-order valence-electron chi connectivity index (χ1n) is 5.31. The van der Waals surface area contributed by atoms with Crippen LogP contribution in [0.5, 0.6) is 0 Å². The molecule has 2 rings (SSSR count). The van der Waals surface area contributed by atoms with E-state index in [1.165, 1.54) is 12.1 Å². The molecule has 0 atom stereocenters. The average molecular weight is 298 g/mol. The molecule has 1 aromatic carbocycles. The predicted molar refractivity (Wildman–Crippen MR) is 69.1 cm³/mol. The maximum Gasteiger partial charge on any atom is 0.123 e. The molecule has 90 valence electrons. The summed E-state index contributed by atoms with van der Waals surface area (Å²) >= 11 is 3.53. The highest BCUT2D eigenvalue weighted by molar-refractivity contribution is 9.10. The third-order valence-corrected chi connectivity index (χ3v) is 3.39.